The molecule has 0 fully saturated rings. The Hall–Kier alpha value is -2.20. The van der Waals surface area contributed by atoms with Gasteiger partial charge in [0, 0.05) is 20.6 Å². The number of hydrogen-bond donors (Lipinski definition) is 4. The molecule has 2 atom stereocenters. The number of carbonyl (C=O) groups excluding carboxylic acids is 3. The summed E-state index contributed by atoms with van der Waals surface area (Å²) in [4.78, 5) is 47.0. The molecule has 0 saturated heterocycles. The van der Waals surface area contributed by atoms with E-state index < -0.39 is 36.3 Å². The lowest BCUT2D eigenvalue weighted by Crippen LogP contribution is -2.54. The van der Waals surface area contributed by atoms with Crippen molar-refractivity contribution < 1.29 is 33.8 Å². The minimum absolute atomic E-state index is 0.114. The summed E-state index contributed by atoms with van der Waals surface area (Å²) in [5.41, 5.74) is 0. The van der Waals surface area contributed by atoms with Crippen molar-refractivity contribution in [1.29, 1.82) is 0 Å². The lowest BCUT2D eigenvalue weighted by atomic mass is 10.0. The van der Waals surface area contributed by atoms with Crippen LogP contribution in [-0.2, 0) is 28.7 Å². The molecule has 0 heterocycles. The number of carboxylic acid groups (broad SMARTS) is 1. The summed E-state index contributed by atoms with van der Waals surface area (Å²) in [6, 6.07) is -2.10. The van der Waals surface area contributed by atoms with Crippen LogP contribution in [-0.4, -0.2) is 74.4 Å². The Morgan fingerprint density at radius 3 is 2.15 bits per heavy atom. The van der Waals surface area contributed by atoms with Gasteiger partial charge in [-0.3, -0.25) is 19.2 Å². The summed E-state index contributed by atoms with van der Waals surface area (Å²) in [5, 5.41) is 16.5. The van der Waals surface area contributed by atoms with Crippen LogP contribution in [0.4, 0.5) is 0 Å². The predicted octanol–water partition coefficient (Wildman–Crippen LogP) is -0.724. The maximum absolute atomic E-state index is 12.4. The smallest absolute Gasteiger partial charge is 0.305 e. The zero-order valence-corrected chi connectivity index (χ0v) is 16.4. The van der Waals surface area contributed by atoms with Crippen LogP contribution in [0.2, 0.25) is 0 Å². The number of aliphatic carboxylic acids is 1. The zero-order valence-electron chi connectivity index (χ0n) is 16.4. The molecule has 10 heteroatoms. The second kappa shape index (κ2) is 13.9. The van der Waals surface area contributed by atoms with Crippen LogP contribution >= 0.6 is 0 Å². The summed E-state index contributed by atoms with van der Waals surface area (Å²) in [6.07, 6.45) is -0.212. The van der Waals surface area contributed by atoms with Crippen molar-refractivity contribution in [2.75, 3.05) is 33.5 Å². The molecule has 0 aromatic rings. The Kier molecular flexibility index (Phi) is 12.8. The highest BCUT2D eigenvalue weighted by Gasteiger charge is 2.28. The number of rotatable bonds is 14. The Bertz CT molecular complexity index is 497. The minimum atomic E-state index is -1.25. The first-order valence-corrected chi connectivity index (χ1v) is 8.81. The van der Waals surface area contributed by atoms with E-state index in [2.05, 4.69) is 16.0 Å². The first kappa shape index (κ1) is 24.8. The molecule has 156 valence electrons. The fourth-order valence-corrected chi connectivity index (χ4v) is 2.22. The van der Waals surface area contributed by atoms with E-state index in [1.807, 2.05) is 13.8 Å². The molecular weight excluding hydrogens is 358 g/mol. The van der Waals surface area contributed by atoms with Crippen LogP contribution in [0.5, 0.6) is 0 Å². The number of carboxylic acids is 1. The molecule has 0 spiro atoms. The molecule has 0 bridgehead atoms. The number of ether oxygens (including phenoxy) is 2. The van der Waals surface area contributed by atoms with Crippen molar-refractivity contribution in [3.63, 3.8) is 0 Å². The first-order chi connectivity index (χ1) is 12.7. The Morgan fingerprint density at radius 2 is 1.63 bits per heavy atom. The van der Waals surface area contributed by atoms with E-state index in [1.54, 1.807) is 0 Å². The molecule has 27 heavy (non-hydrogen) atoms. The van der Waals surface area contributed by atoms with E-state index in [0.717, 1.165) is 0 Å². The molecular formula is C17H31N3O7. The van der Waals surface area contributed by atoms with Crippen LogP contribution in [0.1, 0.15) is 33.6 Å². The lowest BCUT2D eigenvalue weighted by molar-refractivity contribution is -0.141. The maximum Gasteiger partial charge on any atom is 0.305 e. The summed E-state index contributed by atoms with van der Waals surface area (Å²) in [6.45, 7) is 6.23. The minimum Gasteiger partial charge on any atom is -0.481 e. The fourth-order valence-electron chi connectivity index (χ4n) is 2.22. The molecule has 0 rings (SSSR count). The van der Waals surface area contributed by atoms with Crippen molar-refractivity contribution in [3.8, 4) is 0 Å². The first-order valence-electron chi connectivity index (χ1n) is 8.81. The molecule has 0 aliphatic rings. The summed E-state index contributed by atoms with van der Waals surface area (Å²) >= 11 is 0. The van der Waals surface area contributed by atoms with Gasteiger partial charge in [0.2, 0.25) is 17.7 Å². The quantitative estimate of drug-likeness (QED) is 0.287. The Morgan fingerprint density at radius 1 is 0.963 bits per heavy atom. The van der Waals surface area contributed by atoms with Gasteiger partial charge in [0.1, 0.15) is 12.1 Å². The van der Waals surface area contributed by atoms with E-state index in [0.29, 0.717) is 19.6 Å². The highest BCUT2D eigenvalue weighted by molar-refractivity contribution is 5.93. The zero-order chi connectivity index (χ0) is 20.8. The van der Waals surface area contributed by atoms with Gasteiger partial charge in [-0.15, -0.1) is 0 Å². The van der Waals surface area contributed by atoms with Crippen molar-refractivity contribution >= 4 is 23.7 Å². The van der Waals surface area contributed by atoms with Gasteiger partial charge >= 0.3 is 5.97 Å². The third-order valence-corrected chi connectivity index (χ3v) is 3.39. The third-order valence-electron chi connectivity index (χ3n) is 3.39. The van der Waals surface area contributed by atoms with E-state index >= 15 is 0 Å². The standard InChI is InChI=1S/C17H31N3O7/c1-11(2)9-13(19-12(3)21)17(25)20-14(10-15(22)23)16(24)18-5-6-27-8-7-26-4/h11,13-14H,5-10H2,1-4H3,(H,18,24)(H,19,21)(H,20,25)(H,22,23)/t13-,14+/m1/s1. The van der Waals surface area contributed by atoms with Gasteiger partial charge in [-0.05, 0) is 12.3 Å². The normalized spacial score (nSPS) is 12.9. The average Bonchev–Trinajstić information content (AvgIpc) is 2.55. The van der Waals surface area contributed by atoms with Crippen molar-refractivity contribution in [2.24, 2.45) is 5.92 Å². The van der Waals surface area contributed by atoms with Gasteiger partial charge in [0.25, 0.3) is 0 Å². The predicted molar refractivity (Wildman–Crippen MR) is 96.9 cm³/mol. The van der Waals surface area contributed by atoms with E-state index in [9.17, 15) is 19.2 Å². The maximum atomic E-state index is 12.4. The molecule has 3 amide bonds. The monoisotopic (exact) mass is 389 g/mol. The Balaban J connectivity index is 4.75. The molecule has 0 unspecified atom stereocenters. The van der Waals surface area contributed by atoms with Gasteiger partial charge in [-0.1, -0.05) is 13.8 Å². The van der Waals surface area contributed by atoms with Crippen LogP contribution in [0.15, 0.2) is 0 Å². The highest BCUT2D eigenvalue weighted by Crippen LogP contribution is 2.06. The summed E-state index contributed by atoms with van der Waals surface area (Å²) in [7, 11) is 1.54. The van der Waals surface area contributed by atoms with Crippen LogP contribution in [0.25, 0.3) is 0 Å². The van der Waals surface area contributed by atoms with Crippen LogP contribution in [0.3, 0.4) is 0 Å². The van der Waals surface area contributed by atoms with Gasteiger partial charge in [-0.25, -0.2) is 0 Å². The molecule has 0 aromatic heterocycles. The molecule has 0 radical (unpaired) electrons. The second-order valence-electron chi connectivity index (χ2n) is 6.44. The molecule has 4 N–H and O–H groups in total. The molecule has 0 saturated carbocycles. The van der Waals surface area contributed by atoms with E-state index in [4.69, 9.17) is 14.6 Å². The van der Waals surface area contributed by atoms with Gasteiger partial charge in [-0.2, -0.15) is 0 Å². The van der Waals surface area contributed by atoms with Crippen molar-refractivity contribution in [3.05, 3.63) is 0 Å². The number of hydrogen-bond acceptors (Lipinski definition) is 6. The number of amides is 3. The SMILES string of the molecule is COCCOCCNC(=O)[C@H](CC(=O)O)NC(=O)[C@@H](CC(C)C)NC(C)=O. The number of nitrogens with one attached hydrogen (secondary N) is 3. The Labute approximate surface area is 159 Å². The van der Waals surface area contributed by atoms with Crippen molar-refractivity contribution in [2.45, 2.75) is 45.7 Å². The van der Waals surface area contributed by atoms with Crippen molar-refractivity contribution in [1.82, 2.24) is 16.0 Å². The van der Waals surface area contributed by atoms with E-state index in [-0.39, 0.29) is 25.0 Å². The van der Waals surface area contributed by atoms with Gasteiger partial charge < -0.3 is 30.5 Å². The third kappa shape index (κ3) is 12.7. The fraction of sp³-hybridized carbons (Fsp3) is 0.765. The molecule has 10 nitrogen and oxygen atoms in total. The topological polar surface area (TPSA) is 143 Å². The molecule has 0 aliphatic carbocycles. The lowest BCUT2D eigenvalue weighted by Gasteiger charge is -2.23. The average molecular weight is 389 g/mol. The summed E-state index contributed by atoms with van der Waals surface area (Å²) < 4.78 is 10.0. The van der Waals surface area contributed by atoms with Gasteiger partial charge in [0.05, 0.1) is 26.2 Å². The molecule has 0 aliphatic heterocycles. The van der Waals surface area contributed by atoms with E-state index in [1.165, 1.54) is 14.0 Å². The molecule has 0 aromatic carbocycles. The van der Waals surface area contributed by atoms with Gasteiger partial charge in [0.15, 0.2) is 0 Å². The van der Waals surface area contributed by atoms with Crippen LogP contribution < -0.4 is 16.0 Å². The number of methoxy groups -OCH3 is 1. The second-order valence-corrected chi connectivity index (χ2v) is 6.44. The highest BCUT2D eigenvalue weighted by atomic mass is 16.5. The largest absolute Gasteiger partial charge is 0.481 e. The number of carbonyl (C=O) groups is 4. The van der Waals surface area contributed by atoms with Crippen LogP contribution in [0, 0.1) is 5.92 Å². The summed E-state index contributed by atoms with van der Waals surface area (Å²) in [5.74, 6) is -2.73.